The van der Waals surface area contributed by atoms with E-state index in [1.54, 1.807) is 6.92 Å². The predicted molar refractivity (Wildman–Crippen MR) is 109 cm³/mol. The molecule has 152 valence electrons. The lowest BCUT2D eigenvalue weighted by atomic mass is 10.0. The first-order valence-corrected chi connectivity index (χ1v) is 11.0. The fourth-order valence-corrected chi connectivity index (χ4v) is 4.56. The SMILES string of the molecule is Cc1ccc(C(CNS(=O)(=O)c2ccc(F)c(C)c2)N2CCN(C)CC2)cc1. The third-order valence-electron chi connectivity index (χ3n) is 5.35. The van der Waals surface area contributed by atoms with Gasteiger partial charge in [0, 0.05) is 38.8 Å². The van der Waals surface area contributed by atoms with Crippen LogP contribution in [0.1, 0.15) is 22.7 Å². The summed E-state index contributed by atoms with van der Waals surface area (Å²) in [5.41, 5.74) is 2.58. The largest absolute Gasteiger partial charge is 0.304 e. The number of aryl methyl sites for hydroxylation is 2. The summed E-state index contributed by atoms with van der Waals surface area (Å²) in [6, 6.07) is 12.1. The summed E-state index contributed by atoms with van der Waals surface area (Å²) in [5.74, 6) is -0.408. The van der Waals surface area contributed by atoms with E-state index in [-0.39, 0.29) is 17.5 Å². The standard InChI is InChI=1S/C21H28FN3O2S/c1-16-4-6-18(7-5-16)21(25-12-10-24(3)11-13-25)15-23-28(26,27)19-8-9-20(22)17(2)14-19/h4-9,14,21,23H,10-13,15H2,1-3H3. The smallest absolute Gasteiger partial charge is 0.240 e. The number of hydrogen-bond donors (Lipinski definition) is 1. The highest BCUT2D eigenvalue weighted by Gasteiger charge is 2.26. The van der Waals surface area contributed by atoms with Crippen molar-refractivity contribution in [2.75, 3.05) is 39.8 Å². The van der Waals surface area contributed by atoms with E-state index < -0.39 is 15.8 Å². The molecule has 2 aromatic rings. The van der Waals surface area contributed by atoms with Crippen molar-refractivity contribution in [3.63, 3.8) is 0 Å². The van der Waals surface area contributed by atoms with Crippen LogP contribution in [0.25, 0.3) is 0 Å². The summed E-state index contributed by atoms with van der Waals surface area (Å²) in [6.07, 6.45) is 0. The van der Waals surface area contributed by atoms with Gasteiger partial charge >= 0.3 is 0 Å². The van der Waals surface area contributed by atoms with E-state index in [0.29, 0.717) is 5.56 Å². The number of nitrogens with one attached hydrogen (secondary N) is 1. The highest BCUT2D eigenvalue weighted by molar-refractivity contribution is 7.89. The van der Waals surface area contributed by atoms with Crippen LogP contribution in [0.2, 0.25) is 0 Å². The summed E-state index contributed by atoms with van der Waals surface area (Å²) in [6.45, 7) is 7.53. The maximum atomic E-state index is 13.5. The molecule has 1 atom stereocenters. The zero-order valence-corrected chi connectivity index (χ0v) is 17.5. The van der Waals surface area contributed by atoms with Crippen molar-refractivity contribution in [3.05, 3.63) is 65.0 Å². The molecule has 1 saturated heterocycles. The fraction of sp³-hybridized carbons (Fsp3) is 0.429. The summed E-state index contributed by atoms with van der Waals surface area (Å²) in [5, 5.41) is 0. The van der Waals surface area contributed by atoms with Crippen molar-refractivity contribution in [2.45, 2.75) is 24.8 Å². The van der Waals surface area contributed by atoms with Crippen LogP contribution in [-0.2, 0) is 10.0 Å². The van der Waals surface area contributed by atoms with Gasteiger partial charge in [0.1, 0.15) is 5.82 Å². The van der Waals surface area contributed by atoms with E-state index in [0.717, 1.165) is 31.7 Å². The van der Waals surface area contributed by atoms with Crippen LogP contribution in [0.5, 0.6) is 0 Å². The molecule has 0 spiro atoms. The highest BCUT2D eigenvalue weighted by Crippen LogP contribution is 2.23. The molecule has 1 aliphatic heterocycles. The van der Waals surface area contributed by atoms with Crippen LogP contribution in [-0.4, -0.2) is 58.0 Å². The van der Waals surface area contributed by atoms with Gasteiger partial charge < -0.3 is 4.90 Å². The Hall–Kier alpha value is -1.80. The number of halogens is 1. The Balaban J connectivity index is 1.80. The van der Waals surface area contributed by atoms with Gasteiger partial charge in [-0.3, -0.25) is 4.90 Å². The third kappa shape index (κ3) is 4.97. The molecule has 1 N–H and O–H groups in total. The summed E-state index contributed by atoms with van der Waals surface area (Å²) < 4.78 is 41.8. The lowest BCUT2D eigenvalue weighted by Crippen LogP contribution is -2.48. The Morgan fingerprint density at radius 1 is 1.04 bits per heavy atom. The van der Waals surface area contributed by atoms with Crippen molar-refractivity contribution in [3.8, 4) is 0 Å². The van der Waals surface area contributed by atoms with Crippen molar-refractivity contribution >= 4 is 10.0 Å². The van der Waals surface area contributed by atoms with Gasteiger partial charge in [-0.15, -0.1) is 0 Å². The minimum atomic E-state index is -3.71. The number of nitrogens with zero attached hydrogens (tertiary/aromatic N) is 2. The van der Waals surface area contributed by atoms with Crippen molar-refractivity contribution in [2.24, 2.45) is 0 Å². The van der Waals surface area contributed by atoms with Gasteiger partial charge in [-0.1, -0.05) is 29.8 Å². The van der Waals surface area contributed by atoms with Gasteiger partial charge in [-0.2, -0.15) is 0 Å². The van der Waals surface area contributed by atoms with Crippen LogP contribution in [0.15, 0.2) is 47.4 Å². The van der Waals surface area contributed by atoms with Crippen molar-refractivity contribution < 1.29 is 12.8 Å². The Morgan fingerprint density at radius 2 is 1.68 bits per heavy atom. The Labute approximate surface area is 167 Å². The Bertz CT molecular complexity index is 908. The molecular weight excluding hydrogens is 377 g/mol. The molecule has 0 aromatic heterocycles. The molecule has 1 unspecified atom stereocenters. The number of piperazine rings is 1. The zero-order valence-electron chi connectivity index (χ0n) is 16.7. The third-order valence-corrected chi connectivity index (χ3v) is 6.77. The molecule has 1 heterocycles. The molecule has 2 aromatic carbocycles. The number of rotatable bonds is 6. The first kappa shape index (κ1) is 20.9. The first-order valence-electron chi connectivity index (χ1n) is 9.51. The lowest BCUT2D eigenvalue weighted by Gasteiger charge is -2.38. The van der Waals surface area contributed by atoms with E-state index in [1.165, 1.54) is 23.8 Å². The van der Waals surface area contributed by atoms with E-state index in [1.807, 2.05) is 6.92 Å². The quantitative estimate of drug-likeness (QED) is 0.803. The summed E-state index contributed by atoms with van der Waals surface area (Å²) >= 11 is 0. The highest BCUT2D eigenvalue weighted by atomic mass is 32.2. The van der Waals surface area contributed by atoms with E-state index in [9.17, 15) is 12.8 Å². The molecule has 3 rings (SSSR count). The van der Waals surface area contributed by atoms with Gasteiger partial charge in [0.2, 0.25) is 10.0 Å². The van der Waals surface area contributed by atoms with E-state index in [2.05, 4.69) is 45.8 Å². The molecule has 1 fully saturated rings. The Kier molecular flexibility index (Phi) is 6.50. The van der Waals surface area contributed by atoms with Crippen LogP contribution in [0.3, 0.4) is 0 Å². The number of likely N-dealkylation sites (N-methyl/N-ethyl adjacent to an activating group) is 1. The van der Waals surface area contributed by atoms with Crippen LogP contribution < -0.4 is 4.72 Å². The van der Waals surface area contributed by atoms with Crippen molar-refractivity contribution in [1.82, 2.24) is 14.5 Å². The monoisotopic (exact) mass is 405 g/mol. The molecule has 28 heavy (non-hydrogen) atoms. The molecule has 0 aliphatic carbocycles. The van der Waals surface area contributed by atoms with Gasteiger partial charge in [0.15, 0.2) is 0 Å². The van der Waals surface area contributed by atoms with Crippen LogP contribution >= 0.6 is 0 Å². The van der Waals surface area contributed by atoms with E-state index in [4.69, 9.17) is 0 Å². The molecule has 0 amide bonds. The molecule has 7 heteroatoms. The second kappa shape index (κ2) is 8.69. The molecule has 0 bridgehead atoms. The number of hydrogen-bond acceptors (Lipinski definition) is 4. The summed E-state index contributed by atoms with van der Waals surface area (Å²) in [4.78, 5) is 4.68. The van der Waals surface area contributed by atoms with Gasteiger partial charge in [-0.25, -0.2) is 17.5 Å². The summed E-state index contributed by atoms with van der Waals surface area (Å²) in [7, 11) is -1.62. The average Bonchev–Trinajstić information content (AvgIpc) is 2.66. The minimum absolute atomic E-state index is 0.0504. The normalized spacial score (nSPS) is 17.6. The maximum absolute atomic E-state index is 13.5. The Morgan fingerprint density at radius 3 is 2.29 bits per heavy atom. The predicted octanol–water partition coefficient (Wildman–Crippen LogP) is 2.71. The molecular formula is C21H28FN3O2S. The van der Waals surface area contributed by atoms with Crippen LogP contribution in [0, 0.1) is 19.7 Å². The minimum Gasteiger partial charge on any atom is -0.304 e. The lowest BCUT2D eigenvalue weighted by molar-refractivity contribution is 0.113. The fourth-order valence-electron chi connectivity index (χ4n) is 3.44. The van der Waals surface area contributed by atoms with Gasteiger partial charge in [0.25, 0.3) is 0 Å². The zero-order chi connectivity index (χ0) is 20.3. The molecule has 5 nitrogen and oxygen atoms in total. The van der Waals surface area contributed by atoms with Crippen LogP contribution in [0.4, 0.5) is 4.39 Å². The first-order chi connectivity index (χ1) is 13.3. The molecule has 0 radical (unpaired) electrons. The number of benzene rings is 2. The average molecular weight is 406 g/mol. The van der Waals surface area contributed by atoms with Crippen molar-refractivity contribution in [1.29, 1.82) is 0 Å². The second-order valence-corrected chi connectivity index (χ2v) is 9.30. The molecule has 1 aliphatic rings. The second-order valence-electron chi connectivity index (χ2n) is 7.53. The van der Waals surface area contributed by atoms with E-state index >= 15 is 0 Å². The molecule has 0 saturated carbocycles. The topological polar surface area (TPSA) is 52.7 Å². The number of sulfonamides is 1. The van der Waals surface area contributed by atoms with Gasteiger partial charge in [-0.05, 0) is 50.2 Å². The maximum Gasteiger partial charge on any atom is 0.240 e. The van der Waals surface area contributed by atoms with Gasteiger partial charge in [0.05, 0.1) is 4.90 Å².